The molecule has 8 heteroatoms. The Balaban J connectivity index is 1.80. The lowest BCUT2D eigenvalue weighted by molar-refractivity contribution is -0.932. The van der Waals surface area contributed by atoms with Gasteiger partial charge in [0.25, 0.3) is 0 Å². The lowest BCUT2D eigenvalue weighted by atomic mass is 10.0. The Labute approximate surface area is 154 Å². The quantitative estimate of drug-likeness (QED) is 0.724. The Morgan fingerprint density at radius 3 is 2.68 bits per heavy atom. The number of fused-ring (bicyclic) bond motifs is 1. The van der Waals surface area contributed by atoms with Crippen LogP contribution in [0.5, 0.6) is 5.88 Å². The van der Waals surface area contributed by atoms with Crippen LogP contribution in [0.3, 0.4) is 0 Å². The molecular formula is C17H20ClN4O2S+. The molecule has 1 aliphatic rings. The van der Waals surface area contributed by atoms with E-state index in [0.29, 0.717) is 5.02 Å². The molecule has 1 fully saturated rings. The first-order valence-corrected chi connectivity index (χ1v) is 9.62. The number of rotatable bonds is 4. The normalized spacial score (nSPS) is 17.2. The van der Waals surface area contributed by atoms with E-state index in [-0.39, 0.29) is 11.9 Å². The van der Waals surface area contributed by atoms with Crippen LogP contribution in [0, 0.1) is 0 Å². The zero-order valence-electron chi connectivity index (χ0n) is 13.9. The fourth-order valence-corrected chi connectivity index (χ4v) is 4.56. The van der Waals surface area contributed by atoms with Crippen LogP contribution in [0.1, 0.15) is 29.2 Å². The monoisotopic (exact) mass is 379 g/mol. The molecule has 4 rings (SSSR count). The molecule has 1 saturated heterocycles. The van der Waals surface area contributed by atoms with Gasteiger partial charge in [0.1, 0.15) is 18.0 Å². The Kier molecular flexibility index (Phi) is 4.64. The minimum absolute atomic E-state index is 0.0137. The number of thiazole rings is 1. The number of ether oxygens (including phenoxy) is 1. The van der Waals surface area contributed by atoms with Crippen molar-refractivity contribution in [1.82, 2.24) is 14.6 Å². The number of hydrogen-bond acceptors (Lipinski definition) is 5. The molecular weight excluding hydrogens is 360 g/mol. The Hall–Kier alpha value is -1.67. The molecule has 1 aliphatic heterocycles. The zero-order chi connectivity index (χ0) is 17.4. The van der Waals surface area contributed by atoms with E-state index in [4.69, 9.17) is 16.3 Å². The minimum atomic E-state index is 0.0137. The SMILES string of the molecule is CCc1nc2sc([C@@H](c3ccc(Cl)cc3)[NH+]3CCOCC3)c(O)n2n1. The van der Waals surface area contributed by atoms with E-state index in [9.17, 15) is 5.11 Å². The number of benzene rings is 1. The van der Waals surface area contributed by atoms with E-state index in [1.165, 1.54) is 16.2 Å². The zero-order valence-corrected chi connectivity index (χ0v) is 15.5. The summed E-state index contributed by atoms with van der Waals surface area (Å²) in [7, 11) is 0. The van der Waals surface area contributed by atoms with Crippen LogP contribution in [0.15, 0.2) is 24.3 Å². The maximum absolute atomic E-state index is 10.8. The average molecular weight is 380 g/mol. The van der Waals surface area contributed by atoms with Crippen LogP contribution < -0.4 is 4.90 Å². The summed E-state index contributed by atoms with van der Waals surface area (Å²) in [4.78, 5) is 7.49. The van der Waals surface area contributed by atoms with Crippen molar-refractivity contribution in [2.75, 3.05) is 26.3 Å². The smallest absolute Gasteiger partial charge is 0.235 e. The summed E-state index contributed by atoms with van der Waals surface area (Å²) in [6.07, 6.45) is 0.749. The number of nitrogens with zero attached hydrogens (tertiary/aromatic N) is 3. The van der Waals surface area contributed by atoms with Gasteiger partial charge in [0.2, 0.25) is 10.8 Å². The summed E-state index contributed by atoms with van der Waals surface area (Å²) in [5.41, 5.74) is 1.12. The van der Waals surface area contributed by atoms with Crippen molar-refractivity contribution in [2.24, 2.45) is 0 Å². The van der Waals surface area contributed by atoms with E-state index in [1.807, 2.05) is 31.2 Å². The standard InChI is InChI=1S/C17H19ClN4O2S/c1-2-13-19-17-22(20-13)16(23)15(25-17)14(21-7-9-24-10-8-21)11-3-5-12(18)6-4-11/h3-6,14,23H,2,7-10H2,1H3/p+1/t14-/m1/s1. The molecule has 6 nitrogen and oxygen atoms in total. The molecule has 0 aliphatic carbocycles. The Morgan fingerprint density at radius 1 is 1.32 bits per heavy atom. The average Bonchev–Trinajstić information content (AvgIpc) is 3.18. The van der Waals surface area contributed by atoms with Crippen molar-refractivity contribution < 1.29 is 14.7 Å². The lowest BCUT2D eigenvalue weighted by Crippen LogP contribution is -3.14. The first kappa shape index (κ1) is 16.8. The maximum Gasteiger partial charge on any atom is 0.235 e. The molecule has 0 amide bonds. The second kappa shape index (κ2) is 6.92. The van der Waals surface area contributed by atoms with Gasteiger partial charge >= 0.3 is 0 Å². The van der Waals surface area contributed by atoms with E-state index in [0.717, 1.165) is 53.9 Å². The van der Waals surface area contributed by atoms with Gasteiger partial charge in [-0.1, -0.05) is 42.0 Å². The number of aryl methyl sites for hydroxylation is 1. The van der Waals surface area contributed by atoms with Gasteiger partial charge in [-0.05, 0) is 12.1 Å². The molecule has 0 unspecified atom stereocenters. The highest BCUT2D eigenvalue weighted by atomic mass is 35.5. The van der Waals surface area contributed by atoms with Crippen LogP contribution in [-0.2, 0) is 11.2 Å². The van der Waals surface area contributed by atoms with E-state index in [1.54, 1.807) is 4.52 Å². The van der Waals surface area contributed by atoms with Crippen LogP contribution in [0.25, 0.3) is 4.96 Å². The van der Waals surface area contributed by atoms with Crippen molar-refractivity contribution >= 4 is 27.9 Å². The van der Waals surface area contributed by atoms with E-state index < -0.39 is 0 Å². The van der Waals surface area contributed by atoms with Gasteiger partial charge in [0.05, 0.1) is 13.2 Å². The molecule has 0 bridgehead atoms. The summed E-state index contributed by atoms with van der Waals surface area (Å²) in [5, 5.41) is 15.9. The molecule has 1 atom stereocenters. The van der Waals surface area contributed by atoms with Gasteiger partial charge in [-0.25, -0.2) is 4.98 Å². The first-order chi connectivity index (χ1) is 12.2. The highest BCUT2D eigenvalue weighted by molar-refractivity contribution is 7.17. The predicted octanol–water partition coefficient (Wildman–Crippen LogP) is 1.72. The van der Waals surface area contributed by atoms with Crippen LogP contribution in [0.4, 0.5) is 0 Å². The summed E-state index contributed by atoms with van der Waals surface area (Å²) in [6.45, 7) is 5.23. The van der Waals surface area contributed by atoms with Gasteiger partial charge in [-0.15, -0.1) is 5.10 Å². The fraction of sp³-hybridized carbons (Fsp3) is 0.412. The second-order valence-electron chi connectivity index (χ2n) is 6.12. The predicted molar refractivity (Wildman–Crippen MR) is 96.7 cm³/mol. The minimum Gasteiger partial charge on any atom is -0.492 e. The van der Waals surface area contributed by atoms with Crippen molar-refractivity contribution in [2.45, 2.75) is 19.4 Å². The van der Waals surface area contributed by atoms with Crippen LogP contribution in [-0.4, -0.2) is 46.0 Å². The van der Waals surface area contributed by atoms with Gasteiger partial charge in [0, 0.05) is 17.0 Å². The van der Waals surface area contributed by atoms with Gasteiger partial charge < -0.3 is 14.7 Å². The molecule has 2 aromatic heterocycles. The highest BCUT2D eigenvalue weighted by Crippen LogP contribution is 2.35. The van der Waals surface area contributed by atoms with Crippen molar-refractivity contribution in [3.63, 3.8) is 0 Å². The van der Waals surface area contributed by atoms with Gasteiger partial charge in [0.15, 0.2) is 11.9 Å². The highest BCUT2D eigenvalue weighted by Gasteiger charge is 2.33. The third kappa shape index (κ3) is 3.13. The van der Waals surface area contributed by atoms with Crippen molar-refractivity contribution in [3.05, 3.63) is 45.6 Å². The molecule has 3 heterocycles. The molecule has 0 saturated carbocycles. The molecule has 2 N–H and O–H groups in total. The first-order valence-electron chi connectivity index (χ1n) is 8.42. The number of nitrogens with one attached hydrogen (secondary N) is 1. The van der Waals surface area contributed by atoms with Crippen LogP contribution in [0.2, 0.25) is 5.02 Å². The summed E-state index contributed by atoms with van der Waals surface area (Å²) >= 11 is 7.57. The molecule has 132 valence electrons. The number of hydrogen-bond donors (Lipinski definition) is 2. The maximum atomic E-state index is 10.8. The van der Waals surface area contributed by atoms with E-state index in [2.05, 4.69) is 10.1 Å². The molecule has 0 radical (unpaired) electrons. The Bertz CT molecular complexity index is 871. The summed E-state index contributed by atoms with van der Waals surface area (Å²) < 4.78 is 7.07. The molecule has 1 aromatic carbocycles. The third-order valence-electron chi connectivity index (χ3n) is 4.57. The molecule has 25 heavy (non-hydrogen) atoms. The number of halogens is 1. The number of aromatic hydroxyl groups is 1. The summed E-state index contributed by atoms with van der Waals surface area (Å²) in [6, 6.07) is 7.87. The van der Waals surface area contributed by atoms with Gasteiger partial charge in [-0.3, -0.25) is 0 Å². The number of morpholine rings is 1. The second-order valence-corrected chi connectivity index (χ2v) is 7.57. The van der Waals surface area contributed by atoms with Crippen molar-refractivity contribution in [3.8, 4) is 5.88 Å². The van der Waals surface area contributed by atoms with E-state index >= 15 is 0 Å². The number of aromatic nitrogens is 3. The lowest BCUT2D eigenvalue weighted by Gasteiger charge is -2.31. The van der Waals surface area contributed by atoms with Crippen molar-refractivity contribution in [1.29, 1.82) is 0 Å². The summed E-state index contributed by atoms with van der Waals surface area (Å²) in [5.74, 6) is 0.931. The topological polar surface area (TPSA) is 64.1 Å². The van der Waals surface area contributed by atoms with Crippen LogP contribution >= 0.6 is 22.9 Å². The Morgan fingerprint density at radius 2 is 2.04 bits per heavy atom. The molecule has 0 spiro atoms. The third-order valence-corrected chi connectivity index (χ3v) is 5.91. The number of quaternary nitrogens is 1. The van der Waals surface area contributed by atoms with Gasteiger partial charge in [-0.2, -0.15) is 4.52 Å². The molecule has 3 aromatic rings. The largest absolute Gasteiger partial charge is 0.492 e. The fourth-order valence-electron chi connectivity index (χ4n) is 3.28.